The maximum atomic E-state index is 13.0. The fourth-order valence-electron chi connectivity index (χ4n) is 3.24. The number of thiazole rings is 1. The Kier molecular flexibility index (Phi) is 4.02. The summed E-state index contributed by atoms with van der Waals surface area (Å²) in [6.07, 6.45) is 10.3. The fourth-order valence-corrected chi connectivity index (χ4v) is 4.46. The van der Waals surface area contributed by atoms with E-state index >= 15 is 0 Å². The quantitative estimate of drug-likeness (QED) is 0.508. The summed E-state index contributed by atoms with van der Waals surface area (Å²) in [5.74, 6) is -0.258. The highest BCUT2D eigenvalue weighted by atomic mass is 32.1. The van der Waals surface area contributed by atoms with Crippen molar-refractivity contribution >= 4 is 34.7 Å². The number of nitrogens with zero attached hydrogens (tertiary/aromatic N) is 2. The van der Waals surface area contributed by atoms with Gasteiger partial charge in [-0.3, -0.25) is 9.20 Å². The average Bonchev–Trinajstić information content (AvgIpc) is 3.00. The highest BCUT2D eigenvalue weighted by Gasteiger charge is 2.20. The van der Waals surface area contributed by atoms with Crippen LogP contribution in [0.1, 0.15) is 51.6 Å². The molecule has 1 aromatic carbocycles. The van der Waals surface area contributed by atoms with Crippen molar-refractivity contribution in [1.82, 2.24) is 9.38 Å². The summed E-state index contributed by atoms with van der Waals surface area (Å²) in [6, 6.07) is 6.26. The zero-order valence-corrected chi connectivity index (χ0v) is 14.0. The van der Waals surface area contributed by atoms with Gasteiger partial charge in [0.1, 0.15) is 11.5 Å². The van der Waals surface area contributed by atoms with Gasteiger partial charge in [-0.15, -0.1) is 11.3 Å². The monoisotopic (exact) mass is 340 g/mol. The molecule has 122 valence electrons. The van der Waals surface area contributed by atoms with Crippen LogP contribution in [0.25, 0.3) is 17.1 Å². The van der Waals surface area contributed by atoms with Crippen molar-refractivity contribution in [1.29, 1.82) is 0 Å². The highest BCUT2D eigenvalue weighted by Crippen LogP contribution is 2.31. The molecule has 4 rings (SSSR count). The Bertz CT molecular complexity index is 921. The SMILES string of the molecule is O=Cc1c(C=Cc2ccc(F)cc2)nc2sc3c(n12)CCCCC3. The number of imidazole rings is 1. The molecule has 5 heteroatoms. The van der Waals surface area contributed by atoms with E-state index in [2.05, 4.69) is 4.98 Å². The van der Waals surface area contributed by atoms with Gasteiger partial charge in [-0.1, -0.05) is 24.6 Å². The van der Waals surface area contributed by atoms with Crippen LogP contribution in [0, 0.1) is 5.82 Å². The summed E-state index contributed by atoms with van der Waals surface area (Å²) >= 11 is 1.70. The zero-order valence-electron chi connectivity index (χ0n) is 13.2. The number of carbonyl (C=O) groups is 1. The van der Waals surface area contributed by atoms with Gasteiger partial charge in [0.25, 0.3) is 0 Å². The van der Waals surface area contributed by atoms with Crippen LogP contribution in [-0.2, 0) is 12.8 Å². The van der Waals surface area contributed by atoms with E-state index in [0.717, 1.165) is 36.1 Å². The van der Waals surface area contributed by atoms with Gasteiger partial charge < -0.3 is 0 Å². The molecule has 1 aliphatic carbocycles. The smallest absolute Gasteiger partial charge is 0.195 e. The number of hydrogen-bond acceptors (Lipinski definition) is 3. The van der Waals surface area contributed by atoms with Crippen molar-refractivity contribution < 1.29 is 9.18 Å². The molecule has 0 N–H and O–H groups in total. The highest BCUT2D eigenvalue weighted by molar-refractivity contribution is 7.17. The molecule has 0 saturated carbocycles. The third kappa shape index (κ3) is 2.69. The average molecular weight is 340 g/mol. The molecule has 0 fully saturated rings. The molecule has 1 aliphatic rings. The molecule has 3 nitrogen and oxygen atoms in total. The summed E-state index contributed by atoms with van der Waals surface area (Å²) in [5.41, 5.74) is 3.42. The van der Waals surface area contributed by atoms with E-state index in [-0.39, 0.29) is 5.82 Å². The molecule has 2 aromatic heterocycles. The first-order valence-electron chi connectivity index (χ1n) is 8.18. The van der Waals surface area contributed by atoms with Crippen LogP contribution in [0.2, 0.25) is 0 Å². The van der Waals surface area contributed by atoms with E-state index < -0.39 is 0 Å². The lowest BCUT2D eigenvalue weighted by Crippen LogP contribution is -1.98. The second-order valence-electron chi connectivity index (χ2n) is 6.04. The van der Waals surface area contributed by atoms with E-state index in [1.807, 2.05) is 16.6 Å². The number of benzene rings is 1. The van der Waals surface area contributed by atoms with Gasteiger partial charge in [-0.25, -0.2) is 9.37 Å². The Hall–Kier alpha value is -2.27. The fraction of sp³-hybridized carbons (Fsp3) is 0.263. The van der Waals surface area contributed by atoms with Gasteiger partial charge in [0.05, 0.1) is 5.69 Å². The Balaban J connectivity index is 1.76. The lowest BCUT2D eigenvalue weighted by Gasteiger charge is -2.00. The first-order chi connectivity index (χ1) is 11.8. The van der Waals surface area contributed by atoms with Crippen molar-refractivity contribution in [2.75, 3.05) is 0 Å². The van der Waals surface area contributed by atoms with E-state index in [4.69, 9.17) is 0 Å². The van der Waals surface area contributed by atoms with Gasteiger partial charge in [0.15, 0.2) is 11.2 Å². The molecule has 0 bridgehead atoms. The zero-order chi connectivity index (χ0) is 16.5. The van der Waals surface area contributed by atoms with Gasteiger partial charge in [0.2, 0.25) is 0 Å². The lowest BCUT2D eigenvalue weighted by atomic mass is 10.2. The predicted molar refractivity (Wildman–Crippen MR) is 95.0 cm³/mol. The maximum absolute atomic E-state index is 13.0. The number of rotatable bonds is 3. The lowest BCUT2D eigenvalue weighted by molar-refractivity contribution is 0.111. The van der Waals surface area contributed by atoms with Crippen molar-refractivity contribution in [3.63, 3.8) is 0 Å². The topological polar surface area (TPSA) is 34.4 Å². The van der Waals surface area contributed by atoms with Crippen LogP contribution in [-0.4, -0.2) is 15.7 Å². The van der Waals surface area contributed by atoms with Gasteiger partial charge in [-0.05, 0) is 49.5 Å². The summed E-state index contributed by atoms with van der Waals surface area (Å²) in [6.45, 7) is 0. The number of aromatic nitrogens is 2. The molecular formula is C19H17FN2OS. The molecule has 0 spiro atoms. The van der Waals surface area contributed by atoms with Gasteiger partial charge >= 0.3 is 0 Å². The van der Waals surface area contributed by atoms with Gasteiger partial charge in [-0.2, -0.15) is 0 Å². The van der Waals surface area contributed by atoms with Crippen molar-refractivity contribution in [3.8, 4) is 0 Å². The minimum absolute atomic E-state index is 0.258. The molecule has 0 saturated heterocycles. The standard InChI is InChI=1S/C19H17FN2OS/c20-14-9-6-13(7-10-14)8-11-15-17(12-23)22-16-4-2-1-3-5-18(16)24-19(22)21-15/h6-12H,1-5H2. The minimum atomic E-state index is -0.258. The van der Waals surface area contributed by atoms with Crippen molar-refractivity contribution in [3.05, 3.63) is 57.6 Å². The Labute approximate surface area is 143 Å². The molecular weight excluding hydrogens is 323 g/mol. The molecule has 3 aromatic rings. The number of carbonyl (C=O) groups excluding carboxylic acids is 1. The van der Waals surface area contributed by atoms with Crippen LogP contribution in [0.5, 0.6) is 0 Å². The van der Waals surface area contributed by atoms with E-state index in [1.54, 1.807) is 23.5 Å². The van der Waals surface area contributed by atoms with E-state index in [9.17, 15) is 9.18 Å². The first-order valence-corrected chi connectivity index (χ1v) is 9.00. The minimum Gasteiger partial charge on any atom is -0.296 e. The molecule has 2 heterocycles. The summed E-state index contributed by atoms with van der Waals surface area (Å²) in [5, 5.41) is 0. The molecule has 0 amide bonds. The van der Waals surface area contributed by atoms with Crippen LogP contribution < -0.4 is 0 Å². The normalized spacial score (nSPS) is 14.9. The molecule has 0 radical (unpaired) electrons. The summed E-state index contributed by atoms with van der Waals surface area (Å²) < 4.78 is 15.0. The summed E-state index contributed by atoms with van der Waals surface area (Å²) in [4.78, 5) is 18.6. The predicted octanol–water partition coefficient (Wildman–Crippen LogP) is 4.79. The molecule has 0 atom stereocenters. The van der Waals surface area contributed by atoms with E-state index in [1.165, 1.54) is 35.5 Å². The van der Waals surface area contributed by atoms with Crippen LogP contribution in [0.3, 0.4) is 0 Å². The third-order valence-electron chi connectivity index (χ3n) is 4.45. The Morgan fingerprint density at radius 1 is 1.08 bits per heavy atom. The number of aldehydes is 1. The van der Waals surface area contributed by atoms with Crippen LogP contribution in [0.15, 0.2) is 24.3 Å². The Morgan fingerprint density at radius 2 is 1.88 bits per heavy atom. The van der Waals surface area contributed by atoms with Gasteiger partial charge in [0, 0.05) is 10.6 Å². The molecule has 0 aliphatic heterocycles. The van der Waals surface area contributed by atoms with E-state index in [0.29, 0.717) is 11.4 Å². The van der Waals surface area contributed by atoms with Crippen LogP contribution in [0.4, 0.5) is 4.39 Å². The molecule has 0 unspecified atom stereocenters. The molecule has 24 heavy (non-hydrogen) atoms. The number of halogens is 1. The van der Waals surface area contributed by atoms with Crippen molar-refractivity contribution in [2.24, 2.45) is 0 Å². The van der Waals surface area contributed by atoms with Crippen LogP contribution >= 0.6 is 11.3 Å². The number of fused-ring (bicyclic) bond motifs is 3. The number of aryl methyl sites for hydroxylation is 2. The first kappa shape index (κ1) is 15.3. The maximum Gasteiger partial charge on any atom is 0.195 e. The summed E-state index contributed by atoms with van der Waals surface area (Å²) in [7, 11) is 0. The largest absolute Gasteiger partial charge is 0.296 e. The third-order valence-corrected chi connectivity index (χ3v) is 5.59. The second-order valence-corrected chi connectivity index (χ2v) is 7.10. The number of hydrogen-bond donors (Lipinski definition) is 0. The Morgan fingerprint density at radius 3 is 2.67 bits per heavy atom. The second kappa shape index (κ2) is 6.32. The van der Waals surface area contributed by atoms with Crippen molar-refractivity contribution in [2.45, 2.75) is 32.1 Å².